The van der Waals surface area contributed by atoms with Gasteiger partial charge in [-0.1, -0.05) is 6.07 Å². The van der Waals surface area contributed by atoms with E-state index in [1.807, 2.05) is 0 Å². The first-order chi connectivity index (χ1) is 5.77. The van der Waals surface area contributed by atoms with Gasteiger partial charge in [-0.3, -0.25) is 0 Å². The Morgan fingerprint density at radius 1 is 1.50 bits per heavy atom. The van der Waals surface area contributed by atoms with E-state index < -0.39 is 0 Å². The predicted molar refractivity (Wildman–Crippen MR) is 50.5 cm³/mol. The fraction of sp³-hybridized carbons (Fsp3) is 0.333. The molecule has 0 aliphatic carbocycles. The summed E-state index contributed by atoms with van der Waals surface area (Å²) in [6, 6.07) is 4.87. The molecular formula is C9H11FOS. The zero-order chi connectivity index (χ0) is 8.97. The molecule has 1 rings (SSSR count). The molecule has 12 heavy (non-hydrogen) atoms. The van der Waals surface area contributed by atoms with Crippen LogP contribution < -0.4 is 4.74 Å². The van der Waals surface area contributed by atoms with Crippen molar-refractivity contribution in [3.63, 3.8) is 0 Å². The second-order valence-electron chi connectivity index (χ2n) is 2.43. The molecule has 0 fully saturated rings. The molecule has 3 heteroatoms. The predicted octanol–water partition coefficient (Wildman–Crippen LogP) is 2.31. The number of hydrogen-bond acceptors (Lipinski definition) is 2. The normalized spacial score (nSPS) is 9.92. The molecule has 0 unspecified atom stereocenters. The zero-order valence-corrected chi connectivity index (χ0v) is 7.77. The van der Waals surface area contributed by atoms with Crippen LogP contribution in [0.15, 0.2) is 18.2 Å². The van der Waals surface area contributed by atoms with E-state index in [9.17, 15) is 4.39 Å². The lowest BCUT2D eigenvalue weighted by Crippen LogP contribution is -1.92. The first-order valence-electron chi connectivity index (χ1n) is 3.71. The van der Waals surface area contributed by atoms with E-state index in [1.165, 1.54) is 13.2 Å². The van der Waals surface area contributed by atoms with Crippen LogP contribution in [-0.4, -0.2) is 12.9 Å². The lowest BCUT2D eigenvalue weighted by atomic mass is 10.1. The van der Waals surface area contributed by atoms with E-state index in [1.54, 1.807) is 12.1 Å². The van der Waals surface area contributed by atoms with Gasteiger partial charge in [0.25, 0.3) is 0 Å². The van der Waals surface area contributed by atoms with E-state index >= 15 is 0 Å². The molecule has 0 heterocycles. The molecule has 0 atom stereocenters. The van der Waals surface area contributed by atoms with Gasteiger partial charge >= 0.3 is 0 Å². The number of halogens is 1. The Bertz CT molecular complexity index is 263. The molecule has 0 saturated heterocycles. The van der Waals surface area contributed by atoms with Gasteiger partial charge in [-0.2, -0.15) is 12.6 Å². The average molecular weight is 186 g/mol. The average Bonchev–Trinajstić information content (AvgIpc) is 2.09. The quantitative estimate of drug-likeness (QED) is 0.713. The van der Waals surface area contributed by atoms with Crippen molar-refractivity contribution in [2.45, 2.75) is 6.42 Å². The molecule has 0 saturated carbocycles. The van der Waals surface area contributed by atoms with E-state index in [0.717, 1.165) is 0 Å². The maximum atomic E-state index is 13.1. The van der Waals surface area contributed by atoms with Crippen molar-refractivity contribution in [2.24, 2.45) is 0 Å². The van der Waals surface area contributed by atoms with Gasteiger partial charge in [0, 0.05) is 6.07 Å². The molecule has 0 N–H and O–H groups in total. The summed E-state index contributed by atoms with van der Waals surface area (Å²) in [4.78, 5) is 0. The Labute approximate surface area is 77.0 Å². The highest BCUT2D eigenvalue weighted by molar-refractivity contribution is 7.80. The first kappa shape index (κ1) is 9.39. The first-order valence-corrected chi connectivity index (χ1v) is 4.34. The van der Waals surface area contributed by atoms with E-state index in [-0.39, 0.29) is 5.82 Å². The molecule has 1 aromatic carbocycles. The fourth-order valence-electron chi connectivity index (χ4n) is 0.978. The summed E-state index contributed by atoms with van der Waals surface area (Å²) in [6.07, 6.45) is 0.652. The second-order valence-corrected chi connectivity index (χ2v) is 2.88. The van der Waals surface area contributed by atoms with Gasteiger partial charge in [-0.25, -0.2) is 4.39 Å². The highest BCUT2D eigenvalue weighted by Crippen LogP contribution is 2.16. The van der Waals surface area contributed by atoms with Gasteiger partial charge in [0.15, 0.2) is 0 Å². The summed E-state index contributed by atoms with van der Waals surface area (Å²) >= 11 is 4.03. The van der Waals surface area contributed by atoms with Crippen molar-refractivity contribution in [1.82, 2.24) is 0 Å². The monoisotopic (exact) mass is 186 g/mol. The van der Waals surface area contributed by atoms with E-state index in [0.29, 0.717) is 23.5 Å². The van der Waals surface area contributed by atoms with Gasteiger partial charge in [0.2, 0.25) is 0 Å². The third-order valence-electron chi connectivity index (χ3n) is 1.64. The van der Waals surface area contributed by atoms with Crippen LogP contribution in [0.25, 0.3) is 0 Å². The molecule has 0 aromatic heterocycles. The number of ether oxygens (including phenoxy) is 1. The summed E-state index contributed by atoms with van der Waals surface area (Å²) < 4.78 is 18.0. The molecule has 1 aromatic rings. The summed E-state index contributed by atoms with van der Waals surface area (Å²) in [5.74, 6) is 0.988. The summed E-state index contributed by atoms with van der Waals surface area (Å²) in [7, 11) is 1.52. The van der Waals surface area contributed by atoms with Gasteiger partial charge in [0.1, 0.15) is 11.6 Å². The van der Waals surface area contributed by atoms with E-state index in [2.05, 4.69) is 12.6 Å². The highest BCUT2D eigenvalue weighted by Gasteiger charge is 2.01. The largest absolute Gasteiger partial charge is 0.497 e. The number of methoxy groups -OCH3 is 1. The van der Waals surface area contributed by atoms with Crippen molar-refractivity contribution < 1.29 is 9.13 Å². The van der Waals surface area contributed by atoms with Crippen LogP contribution in [0.4, 0.5) is 4.39 Å². The Kier molecular flexibility index (Phi) is 3.41. The Hall–Kier alpha value is -0.700. The smallest absolute Gasteiger partial charge is 0.130 e. The lowest BCUT2D eigenvalue weighted by molar-refractivity contribution is 0.411. The van der Waals surface area contributed by atoms with Gasteiger partial charge in [-0.15, -0.1) is 0 Å². The number of benzene rings is 1. The molecule has 0 amide bonds. The molecule has 66 valence electrons. The van der Waals surface area contributed by atoms with Crippen LogP contribution in [-0.2, 0) is 6.42 Å². The van der Waals surface area contributed by atoms with Gasteiger partial charge in [-0.05, 0) is 23.8 Å². The molecular weight excluding hydrogens is 175 g/mol. The van der Waals surface area contributed by atoms with Crippen LogP contribution in [0, 0.1) is 5.82 Å². The van der Waals surface area contributed by atoms with Crippen LogP contribution in [0.2, 0.25) is 0 Å². The van der Waals surface area contributed by atoms with E-state index in [4.69, 9.17) is 4.74 Å². The molecule has 0 aliphatic rings. The Morgan fingerprint density at radius 2 is 2.25 bits per heavy atom. The SMILES string of the molecule is COc1ccc(CCS)c(F)c1. The van der Waals surface area contributed by atoms with Crippen LogP contribution in [0.3, 0.4) is 0 Å². The third kappa shape index (κ3) is 2.14. The number of thiol groups is 1. The number of hydrogen-bond donors (Lipinski definition) is 1. The molecule has 0 bridgehead atoms. The lowest BCUT2D eigenvalue weighted by Gasteiger charge is -2.03. The second kappa shape index (κ2) is 4.36. The Morgan fingerprint density at radius 3 is 2.75 bits per heavy atom. The summed E-state index contributed by atoms with van der Waals surface area (Å²) in [6.45, 7) is 0. The van der Waals surface area contributed by atoms with Crippen molar-refractivity contribution in [3.05, 3.63) is 29.6 Å². The Balaban J connectivity index is 2.87. The van der Waals surface area contributed by atoms with Crippen LogP contribution in [0.5, 0.6) is 5.75 Å². The van der Waals surface area contributed by atoms with Gasteiger partial charge in [0.05, 0.1) is 7.11 Å². The fourth-order valence-corrected chi connectivity index (χ4v) is 1.22. The maximum Gasteiger partial charge on any atom is 0.130 e. The van der Waals surface area contributed by atoms with Gasteiger partial charge < -0.3 is 4.74 Å². The van der Waals surface area contributed by atoms with Crippen molar-refractivity contribution in [1.29, 1.82) is 0 Å². The maximum absolute atomic E-state index is 13.1. The zero-order valence-electron chi connectivity index (χ0n) is 6.88. The van der Waals surface area contributed by atoms with Crippen LogP contribution in [0.1, 0.15) is 5.56 Å². The molecule has 0 spiro atoms. The third-order valence-corrected chi connectivity index (χ3v) is 1.86. The van der Waals surface area contributed by atoms with Crippen molar-refractivity contribution in [2.75, 3.05) is 12.9 Å². The molecule has 0 aliphatic heterocycles. The minimum atomic E-state index is -0.219. The topological polar surface area (TPSA) is 9.23 Å². The van der Waals surface area contributed by atoms with Crippen molar-refractivity contribution >= 4 is 12.6 Å². The minimum absolute atomic E-state index is 0.219. The highest BCUT2D eigenvalue weighted by atomic mass is 32.1. The number of aryl methyl sites for hydroxylation is 1. The summed E-state index contributed by atoms with van der Waals surface area (Å²) in [5, 5.41) is 0. The molecule has 0 radical (unpaired) electrons. The molecule has 1 nitrogen and oxygen atoms in total. The number of rotatable bonds is 3. The van der Waals surface area contributed by atoms with Crippen LogP contribution >= 0.6 is 12.6 Å². The summed E-state index contributed by atoms with van der Waals surface area (Å²) in [5.41, 5.74) is 0.686. The minimum Gasteiger partial charge on any atom is -0.497 e. The van der Waals surface area contributed by atoms with Crippen molar-refractivity contribution in [3.8, 4) is 5.75 Å². The standard InChI is InChI=1S/C9H11FOS/c1-11-8-3-2-7(4-5-12)9(10)6-8/h2-3,6,12H,4-5H2,1H3.